The van der Waals surface area contributed by atoms with Crippen molar-refractivity contribution in [2.45, 2.75) is 84.7 Å². The van der Waals surface area contributed by atoms with E-state index in [4.69, 9.17) is 10.5 Å². The van der Waals surface area contributed by atoms with E-state index in [2.05, 4.69) is 10.6 Å². The summed E-state index contributed by atoms with van der Waals surface area (Å²) < 4.78 is 5.32. The number of phenols is 1. The average Bonchev–Trinajstić information content (AvgIpc) is 2.84. The highest BCUT2D eigenvalue weighted by atomic mass is 16.6. The van der Waals surface area contributed by atoms with Gasteiger partial charge in [-0.05, 0) is 59.1 Å². The standard InChI is InChI=1S/C29H40N4O6/c1-18(2)33(27(37)22(15-16-23(30)34)32-28(38)39-29(4,5)6)24(21-14-10-11-19(3)25(21)35)26(36)31-17-20-12-8-7-9-13-20/h7-14,18,22,24,35H,15-17H2,1-6H3,(H2,30,34)(H,31,36)(H,32,38). The summed E-state index contributed by atoms with van der Waals surface area (Å²) in [6.45, 7) is 10.4. The third-order valence-electron chi connectivity index (χ3n) is 5.88. The first kappa shape index (κ1) is 31.1. The van der Waals surface area contributed by atoms with Crippen molar-refractivity contribution < 1.29 is 29.0 Å². The van der Waals surface area contributed by atoms with Crippen molar-refractivity contribution in [2.75, 3.05) is 0 Å². The van der Waals surface area contributed by atoms with Crippen LogP contribution in [0.25, 0.3) is 0 Å². The maximum Gasteiger partial charge on any atom is 0.408 e. The number of aryl methyl sites for hydroxylation is 1. The van der Waals surface area contributed by atoms with Gasteiger partial charge in [-0.2, -0.15) is 0 Å². The van der Waals surface area contributed by atoms with Gasteiger partial charge in [-0.15, -0.1) is 0 Å². The molecule has 0 bridgehead atoms. The molecule has 0 aliphatic carbocycles. The quantitative estimate of drug-likeness (QED) is 0.343. The lowest BCUT2D eigenvalue weighted by molar-refractivity contribution is -0.145. The summed E-state index contributed by atoms with van der Waals surface area (Å²) in [7, 11) is 0. The number of benzene rings is 2. The number of ether oxygens (including phenoxy) is 1. The van der Waals surface area contributed by atoms with E-state index in [1.165, 1.54) is 4.90 Å². The number of primary amides is 1. The van der Waals surface area contributed by atoms with E-state index >= 15 is 0 Å². The lowest BCUT2D eigenvalue weighted by Gasteiger charge is -2.37. The molecule has 0 saturated carbocycles. The van der Waals surface area contributed by atoms with Crippen LogP contribution in [-0.4, -0.2) is 51.5 Å². The Morgan fingerprint density at radius 2 is 1.67 bits per heavy atom. The lowest BCUT2D eigenvalue weighted by atomic mass is 9.97. The molecule has 212 valence electrons. The third-order valence-corrected chi connectivity index (χ3v) is 5.88. The number of rotatable bonds is 11. The van der Waals surface area contributed by atoms with E-state index in [9.17, 15) is 24.3 Å². The van der Waals surface area contributed by atoms with Crippen LogP contribution in [0.4, 0.5) is 4.79 Å². The van der Waals surface area contributed by atoms with Gasteiger partial charge in [-0.25, -0.2) is 4.79 Å². The van der Waals surface area contributed by atoms with Crippen molar-refractivity contribution in [1.82, 2.24) is 15.5 Å². The van der Waals surface area contributed by atoms with Gasteiger partial charge in [0.1, 0.15) is 23.4 Å². The van der Waals surface area contributed by atoms with Crippen LogP contribution in [0.2, 0.25) is 0 Å². The molecule has 2 rings (SSSR count). The second kappa shape index (κ2) is 13.6. The smallest absolute Gasteiger partial charge is 0.408 e. The maximum absolute atomic E-state index is 14.0. The number of nitrogens with two attached hydrogens (primary N) is 1. The predicted molar refractivity (Wildman–Crippen MR) is 147 cm³/mol. The highest BCUT2D eigenvalue weighted by Gasteiger charge is 2.39. The zero-order valence-corrected chi connectivity index (χ0v) is 23.5. The van der Waals surface area contributed by atoms with Crippen LogP contribution in [0.5, 0.6) is 5.75 Å². The molecule has 0 radical (unpaired) electrons. The Bertz CT molecular complexity index is 1160. The lowest BCUT2D eigenvalue weighted by Crippen LogP contribution is -2.55. The van der Waals surface area contributed by atoms with E-state index in [1.54, 1.807) is 59.7 Å². The number of phenolic OH excluding ortho intramolecular Hbond substituents is 1. The molecule has 0 aromatic heterocycles. The third kappa shape index (κ3) is 9.31. The summed E-state index contributed by atoms with van der Waals surface area (Å²) in [5.74, 6) is -1.92. The minimum absolute atomic E-state index is 0.102. The first-order chi connectivity index (χ1) is 18.2. The van der Waals surface area contributed by atoms with Crippen LogP contribution in [0.1, 0.15) is 70.2 Å². The monoisotopic (exact) mass is 540 g/mol. The number of amides is 4. The number of alkyl carbamates (subject to hydrolysis) is 1. The molecule has 4 amide bonds. The van der Waals surface area contributed by atoms with Gasteiger partial charge in [0.25, 0.3) is 0 Å². The summed E-state index contributed by atoms with van der Waals surface area (Å²) >= 11 is 0. The molecule has 10 nitrogen and oxygen atoms in total. The Kier molecular flexibility index (Phi) is 10.9. The fourth-order valence-electron chi connectivity index (χ4n) is 4.06. The Hall–Kier alpha value is -4.08. The minimum atomic E-state index is -1.24. The topological polar surface area (TPSA) is 151 Å². The van der Waals surface area contributed by atoms with Gasteiger partial charge in [0.2, 0.25) is 17.7 Å². The van der Waals surface area contributed by atoms with Gasteiger partial charge in [-0.1, -0.05) is 48.5 Å². The number of nitrogens with zero attached hydrogens (tertiary/aromatic N) is 1. The zero-order chi connectivity index (χ0) is 29.3. The van der Waals surface area contributed by atoms with Gasteiger partial charge in [0.15, 0.2) is 0 Å². The highest BCUT2D eigenvalue weighted by Crippen LogP contribution is 2.33. The molecule has 2 atom stereocenters. The van der Waals surface area contributed by atoms with Crippen LogP contribution < -0.4 is 16.4 Å². The van der Waals surface area contributed by atoms with Crippen molar-refractivity contribution in [1.29, 1.82) is 0 Å². The van der Waals surface area contributed by atoms with E-state index < -0.39 is 47.5 Å². The highest BCUT2D eigenvalue weighted by molar-refractivity contribution is 5.93. The Morgan fingerprint density at radius 3 is 2.23 bits per heavy atom. The Labute approximate surface area is 229 Å². The van der Waals surface area contributed by atoms with Crippen LogP contribution in [-0.2, 0) is 25.7 Å². The second-order valence-electron chi connectivity index (χ2n) is 10.7. The largest absolute Gasteiger partial charge is 0.507 e. The molecule has 0 aliphatic heterocycles. The first-order valence-electron chi connectivity index (χ1n) is 12.9. The van der Waals surface area contributed by atoms with Crippen molar-refractivity contribution in [3.05, 3.63) is 65.2 Å². The van der Waals surface area contributed by atoms with Crippen LogP contribution >= 0.6 is 0 Å². The first-order valence-corrected chi connectivity index (χ1v) is 12.9. The molecule has 2 aromatic carbocycles. The van der Waals surface area contributed by atoms with Gasteiger partial charge < -0.3 is 31.1 Å². The predicted octanol–water partition coefficient (Wildman–Crippen LogP) is 3.45. The molecule has 0 fully saturated rings. The number of carbonyl (C=O) groups is 4. The Morgan fingerprint density at radius 1 is 1.03 bits per heavy atom. The van der Waals surface area contributed by atoms with Crippen molar-refractivity contribution in [2.24, 2.45) is 5.73 Å². The van der Waals surface area contributed by atoms with Gasteiger partial charge in [0, 0.05) is 24.6 Å². The normalized spacial score (nSPS) is 12.8. The molecule has 0 saturated heterocycles. The van der Waals surface area contributed by atoms with E-state index in [-0.39, 0.29) is 30.7 Å². The van der Waals surface area contributed by atoms with Gasteiger partial charge in [-0.3, -0.25) is 14.4 Å². The molecule has 0 aliphatic rings. The molecular weight excluding hydrogens is 500 g/mol. The fourth-order valence-corrected chi connectivity index (χ4v) is 4.06. The number of hydrogen-bond acceptors (Lipinski definition) is 6. The van der Waals surface area contributed by atoms with Crippen molar-refractivity contribution in [3.63, 3.8) is 0 Å². The summed E-state index contributed by atoms with van der Waals surface area (Å²) in [5.41, 5.74) is 6.12. The summed E-state index contributed by atoms with van der Waals surface area (Å²) in [6, 6.07) is 11.2. The number of hydrogen-bond donors (Lipinski definition) is 4. The minimum Gasteiger partial charge on any atom is -0.507 e. The van der Waals surface area contributed by atoms with Crippen LogP contribution in [0, 0.1) is 6.92 Å². The molecule has 10 heteroatoms. The number of aromatic hydroxyl groups is 1. The molecular formula is C29H40N4O6. The summed E-state index contributed by atoms with van der Waals surface area (Å²) in [6.07, 6.45) is -1.13. The zero-order valence-electron chi connectivity index (χ0n) is 23.5. The molecule has 2 aromatic rings. The van der Waals surface area contributed by atoms with Gasteiger partial charge in [0.05, 0.1) is 0 Å². The summed E-state index contributed by atoms with van der Waals surface area (Å²) in [5, 5.41) is 16.3. The van der Waals surface area contributed by atoms with Crippen LogP contribution in [0.15, 0.2) is 48.5 Å². The number of para-hydroxylation sites is 1. The van der Waals surface area contributed by atoms with Crippen LogP contribution in [0.3, 0.4) is 0 Å². The van der Waals surface area contributed by atoms with E-state index in [1.807, 2.05) is 30.3 Å². The van der Waals surface area contributed by atoms with Gasteiger partial charge >= 0.3 is 6.09 Å². The SMILES string of the molecule is Cc1cccc(C(C(=O)NCc2ccccc2)N(C(=O)C(CCC(N)=O)NC(=O)OC(C)(C)C)C(C)C)c1O. The molecule has 2 unspecified atom stereocenters. The molecule has 39 heavy (non-hydrogen) atoms. The van der Waals surface area contributed by atoms with E-state index in [0.29, 0.717) is 5.56 Å². The molecule has 0 heterocycles. The van der Waals surface area contributed by atoms with Crippen molar-refractivity contribution >= 4 is 23.8 Å². The number of carbonyl (C=O) groups excluding carboxylic acids is 4. The van der Waals surface area contributed by atoms with Crippen molar-refractivity contribution in [3.8, 4) is 5.75 Å². The Balaban J connectivity index is 2.51. The second-order valence-corrected chi connectivity index (χ2v) is 10.7. The summed E-state index contributed by atoms with van der Waals surface area (Å²) in [4.78, 5) is 53.2. The fraction of sp³-hybridized carbons (Fsp3) is 0.448. The van der Waals surface area contributed by atoms with E-state index in [0.717, 1.165) is 5.56 Å². The maximum atomic E-state index is 14.0. The number of nitrogens with one attached hydrogen (secondary N) is 2. The molecule has 5 N–H and O–H groups in total. The average molecular weight is 541 g/mol. The molecule has 0 spiro atoms.